The number of hydrazine groups is 1. The molecule has 0 aliphatic carbocycles. The van der Waals surface area contributed by atoms with E-state index < -0.39 is 0 Å². The molecule has 32 heavy (non-hydrogen) atoms. The third-order valence-corrected chi connectivity index (χ3v) is 4.75. The Labute approximate surface area is 184 Å². The zero-order valence-corrected chi connectivity index (χ0v) is 17.3. The normalized spacial score (nSPS) is 12.1. The predicted octanol–water partition coefficient (Wildman–Crippen LogP) is 6.12. The average molecular weight is 433 g/mol. The van der Waals surface area contributed by atoms with Crippen molar-refractivity contribution in [2.24, 2.45) is 5.73 Å². The van der Waals surface area contributed by atoms with Crippen molar-refractivity contribution in [3.05, 3.63) is 109 Å². The number of rotatable bonds is 2. The molecule has 162 valence electrons. The Morgan fingerprint density at radius 3 is 1.25 bits per heavy atom. The third kappa shape index (κ3) is 4.06. The molecule has 0 saturated carbocycles. The fourth-order valence-corrected chi connectivity index (χ4v) is 3.38. The van der Waals surface area contributed by atoms with E-state index >= 15 is 0 Å². The van der Waals surface area contributed by atoms with Crippen LogP contribution in [0.25, 0.3) is 0 Å². The molecule has 5 nitrogen and oxygen atoms in total. The number of hydrogen-bond acceptors (Lipinski definition) is 5. The second-order valence-electron chi connectivity index (χ2n) is 6.68. The summed E-state index contributed by atoms with van der Waals surface area (Å²) < 4.78 is 27.4. The van der Waals surface area contributed by atoms with Gasteiger partial charge in [-0.1, -0.05) is 24.3 Å². The summed E-state index contributed by atoms with van der Waals surface area (Å²) in [6.07, 6.45) is 0. The summed E-state index contributed by atoms with van der Waals surface area (Å²) >= 11 is 0. The minimum Gasteiger partial charge on any atom is -0.333 e. The van der Waals surface area contributed by atoms with Crippen LogP contribution < -0.4 is 25.5 Å². The molecule has 0 unspecified atom stereocenters. The second-order valence-corrected chi connectivity index (χ2v) is 6.68. The maximum absolute atomic E-state index is 13.7. The summed E-state index contributed by atoms with van der Waals surface area (Å²) in [7, 11) is 1.50. The fraction of sp³-hybridized carbons (Fsp3) is 0.0400. The van der Waals surface area contributed by atoms with Crippen molar-refractivity contribution in [3.8, 4) is 11.5 Å². The first-order chi connectivity index (χ1) is 15.7. The number of halogens is 2. The van der Waals surface area contributed by atoms with Crippen LogP contribution in [0.15, 0.2) is 97.1 Å². The van der Waals surface area contributed by atoms with Crippen LogP contribution in [0.5, 0.6) is 11.5 Å². The van der Waals surface area contributed by atoms with Crippen LogP contribution in [0.3, 0.4) is 0 Å². The molecule has 2 N–H and O–H groups in total. The summed E-state index contributed by atoms with van der Waals surface area (Å²) in [5.74, 6) is 0.270. The van der Waals surface area contributed by atoms with E-state index in [1.807, 2.05) is 46.4 Å². The van der Waals surface area contributed by atoms with E-state index in [2.05, 4.69) is 5.73 Å². The molecule has 0 radical (unpaired) electrons. The highest BCUT2D eigenvalue weighted by atomic mass is 19.1. The van der Waals surface area contributed by atoms with Gasteiger partial charge in [0.15, 0.2) is 0 Å². The van der Waals surface area contributed by atoms with Crippen LogP contribution >= 0.6 is 0 Å². The second kappa shape index (κ2) is 9.36. The number of benzene rings is 4. The first-order valence-electron chi connectivity index (χ1n) is 9.92. The molecule has 7 heteroatoms. The smallest absolute Gasteiger partial charge is 0.204 e. The molecule has 0 saturated heterocycles. The van der Waals surface area contributed by atoms with Gasteiger partial charge in [-0.05, 0) is 79.8 Å². The number of para-hydroxylation sites is 4. The SMILES string of the molecule is CN.Fc1ccc(N2c3ccccc3OOc3ccccc3N2c2ccc(F)cc2)cc1. The largest absolute Gasteiger partial charge is 0.333 e. The first-order valence-corrected chi connectivity index (χ1v) is 9.92. The van der Waals surface area contributed by atoms with E-state index in [1.165, 1.54) is 31.3 Å². The van der Waals surface area contributed by atoms with Crippen molar-refractivity contribution < 1.29 is 18.6 Å². The average Bonchev–Trinajstić information content (AvgIpc) is 2.83. The number of hydrogen-bond donors (Lipinski definition) is 1. The standard InChI is InChI=1S/C24H16F2N2O2.CH5N/c25-17-9-13-19(14-10-17)27-21-5-1-3-7-23(21)29-30-24-8-4-2-6-22(24)28(27)20-15-11-18(26)12-16-20;1-2/h1-16H;2H2,1H3. The van der Waals surface area contributed by atoms with Crippen molar-refractivity contribution in [2.45, 2.75) is 0 Å². The molecule has 0 spiro atoms. The Bertz CT molecular complexity index is 1090. The van der Waals surface area contributed by atoms with Crippen LogP contribution in [-0.4, -0.2) is 7.05 Å². The molecule has 0 fully saturated rings. The van der Waals surface area contributed by atoms with Gasteiger partial charge >= 0.3 is 0 Å². The third-order valence-electron chi connectivity index (χ3n) is 4.75. The van der Waals surface area contributed by atoms with E-state index in [-0.39, 0.29) is 11.6 Å². The minimum absolute atomic E-state index is 0.340. The molecule has 0 amide bonds. The lowest BCUT2D eigenvalue weighted by atomic mass is 10.2. The van der Waals surface area contributed by atoms with Gasteiger partial charge in [-0.25, -0.2) is 18.8 Å². The van der Waals surface area contributed by atoms with Crippen molar-refractivity contribution >= 4 is 22.7 Å². The number of anilines is 4. The zero-order valence-electron chi connectivity index (χ0n) is 17.3. The topological polar surface area (TPSA) is 51.0 Å². The van der Waals surface area contributed by atoms with Gasteiger partial charge in [-0.3, -0.25) is 9.78 Å². The zero-order chi connectivity index (χ0) is 22.5. The van der Waals surface area contributed by atoms with Crippen LogP contribution in [0.1, 0.15) is 0 Å². The summed E-state index contributed by atoms with van der Waals surface area (Å²) in [4.78, 5) is 11.3. The molecule has 5 rings (SSSR count). The highest BCUT2D eigenvalue weighted by Crippen LogP contribution is 2.45. The van der Waals surface area contributed by atoms with Gasteiger partial charge in [0.2, 0.25) is 11.5 Å². The summed E-state index contributed by atoms with van der Waals surface area (Å²) in [6, 6.07) is 27.0. The lowest BCUT2D eigenvalue weighted by Crippen LogP contribution is -2.37. The summed E-state index contributed by atoms with van der Waals surface area (Å²) in [5.41, 5.74) is 7.22. The summed E-state index contributed by atoms with van der Waals surface area (Å²) in [5, 5.41) is 3.76. The molecule has 0 bridgehead atoms. The minimum atomic E-state index is -0.340. The van der Waals surface area contributed by atoms with Crippen molar-refractivity contribution in [1.29, 1.82) is 0 Å². The van der Waals surface area contributed by atoms with E-state index in [9.17, 15) is 8.78 Å². The lowest BCUT2D eigenvalue weighted by Gasteiger charge is -2.40. The number of fused-ring (bicyclic) bond motifs is 2. The van der Waals surface area contributed by atoms with Crippen LogP contribution in [0.2, 0.25) is 0 Å². The van der Waals surface area contributed by atoms with Gasteiger partial charge in [0, 0.05) is 0 Å². The van der Waals surface area contributed by atoms with Crippen LogP contribution in [0, 0.1) is 11.6 Å². The van der Waals surface area contributed by atoms with Gasteiger partial charge < -0.3 is 5.73 Å². The van der Waals surface area contributed by atoms with Crippen LogP contribution in [-0.2, 0) is 0 Å². The number of nitrogens with zero attached hydrogens (tertiary/aromatic N) is 2. The summed E-state index contributed by atoms with van der Waals surface area (Å²) in [6.45, 7) is 0. The molecule has 1 aliphatic rings. The van der Waals surface area contributed by atoms with Crippen molar-refractivity contribution in [2.75, 3.05) is 17.1 Å². The van der Waals surface area contributed by atoms with E-state index in [0.29, 0.717) is 34.2 Å². The van der Waals surface area contributed by atoms with E-state index in [1.54, 1.807) is 36.4 Å². The Hall–Kier alpha value is -4.10. The molecule has 1 aliphatic heterocycles. The predicted molar refractivity (Wildman–Crippen MR) is 121 cm³/mol. The monoisotopic (exact) mass is 433 g/mol. The highest BCUT2D eigenvalue weighted by molar-refractivity contribution is 5.82. The Morgan fingerprint density at radius 2 is 0.875 bits per heavy atom. The van der Waals surface area contributed by atoms with Crippen molar-refractivity contribution in [1.82, 2.24) is 0 Å². The van der Waals surface area contributed by atoms with Gasteiger partial charge in [0.25, 0.3) is 0 Å². The molecule has 4 aromatic carbocycles. The highest BCUT2D eigenvalue weighted by Gasteiger charge is 2.29. The van der Waals surface area contributed by atoms with Crippen molar-refractivity contribution in [3.63, 3.8) is 0 Å². The Morgan fingerprint density at radius 1 is 0.531 bits per heavy atom. The lowest BCUT2D eigenvalue weighted by molar-refractivity contribution is -0.0994. The molecule has 4 aromatic rings. The van der Waals surface area contributed by atoms with Gasteiger partial charge in [-0.15, -0.1) is 0 Å². The van der Waals surface area contributed by atoms with Crippen LogP contribution in [0.4, 0.5) is 31.5 Å². The maximum atomic E-state index is 13.7. The molecule has 1 heterocycles. The maximum Gasteiger partial charge on any atom is 0.204 e. The van der Waals surface area contributed by atoms with Gasteiger partial charge in [-0.2, -0.15) is 0 Å². The van der Waals surface area contributed by atoms with Gasteiger partial charge in [0.05, 0.1) is 11.4 Å². The quantitative estimate of drug-likeness (QED) is 0.386. The number of nitrogens with two attached hydrogens (primary N) is 1. The molecule has 0 aromatic heterocycles. The van der Waals surface area contributed by atoms with E-state index in [4.69, 9.17) is 9.78 Å². The molecule has 0 atom stereocenters. The molecular weight excluding hydrogens is 412 g/mol. The fourth-order valence-electron chi connectivity index (χ4n) is 3.38. The molecular formula is C25H21F2N3O2. The Kier molecular flexibility index (Phi) is 6.19. The van der Waals surface area contributed by atoms with E-state index in [0.717, 1.165) is 0 Å². The van der Waals surface area contributed by atoms with Gasteiger partial charge in [0.1, 0.15) is 23.0 Å². The first kappa shape index (κ1) is 21.1. The Balaban J connectivity index is 0.00000119.